The van der Waals surface area contributed by atoms with Gasteiger partial charge in [0, 0.05) is 27.7 Å². The molecule has 0 saturated heterocycles. The fourth-order valence-electron chi connectivity index (χ4n) is 4.48. The second kappa shape index (κ2) is 9.02. The quantitative estimate of drug-likeness (QED) is 0.273. The largest absolute Gasteiger partial charge is 0.467 e. The number of carbonyl (C=O) groups excluding carboxylic acids is 1. The standard InChI is InChI=1S/C28H24N4O3/c1-18-23(21-13-8-10-16-25(21)31(18)19(2)28(34)35-3)17-29-32-26(20-11-5-4-6-12-20)30-24-15-9-7-14-22(24)27(32)33/h4-17,19H,1-3H3/t19-/m0/s1. The number of hydrogen-bond acceptors (Lipinski definition) is 5. The van der Waals surface area contributed by atoms with Crippen molar-refractivity contribution in [3.8, 4) is 11.4 Å². The summed E-state index contributed by atoms with van der Waals surface area (Å²) in [4.78, 5) is 30.6. The van der Waals surface area contributed by atoms with Crippen LogP contribution in [0.15, 0.2) is 88.8 Å². The first-order chi connectivity index (χ1) is 17.0. The molecule has 0 amide bonds. The molecule has 2 aromatic heterocycles. The van der Waals surface area contributed by atoms with Crippen LogP contribution in [0.25, 0.3) is 33.2 Å². The normalized spacial score (nSPS) is 12.4. The fourth-order valence-corrected chi connectivity index (χ4v) is 4.48. The maximum Gasteiger partial charge on any atom is 0.328 e. The van der Waals surface area contributed by atoms with Gasteiger partial charge in [0.15, 0.2) is 5.82 Å². The third-order valence-corrected chi connectivity index (χ3v) is 6.22. The van der Waals surface area contributed by atoms with E-state index in [1.807, 2.05) is 84.3 Å². The number of para-hydroxylation sites is 2. The molecule has 5 rings (SSSR count). The van der Waals surface area contributed by atoms with Crippen LogP contribution >= 0.6 is 0 Å². The van der Waals surface area contributed by atoms with Gasteiger partial charge < -0.3 is 9.30 Å². The van der Waals surface area contributed by atoms with Crippen LogP contribution in [0.1, 0.15) is 24.2 Å². The van der Waals surface area contributed by atoms with Gasteiger partial charge in [0.2, 0.25) is 0 Å². The van der Waals surface area contributed by atoms with E-state index in [0.29, 0.717) is 16.7 Å². The minimum Gasteiger partial charge on any atom is -0.467 e. The van der Waals surface area contributed by atoms with E-state index in [9.17, 15) is 9.59 Å². The van der Waals surface area contributed by atoms with Gasteiger partial charge in [0.05, 0.1) is 24.2 Å². The summed E-state index contributed by atoms with van der Waals surface area (Å²) >= 11 is 0. The van der Waals surface area contributed by atoms with Crippen LogP contribution in [0.5, 0.6) is 0 Å². The molecule has 0 fully saturated rings. The van der Waals surface area contributed by atoms with Gasteiger partial charge >= 0.3 is 5.97 Å². The highest BCUT2D eigenvalue weighted by Gasteiger charge is 2.22. The lowest BCUT2D eigenvalue weighted by Crippen LogP contribution is -2.20. The van der Waals surface area contributed by atoms with E-state index in [-0.39, 0.29) is 11.5 Å². The molecule has 0 aliphatic heterocycles. The van der Waals surface area contributed by atoms with E-state index >= 15 is 0 Å². The molecule has 35 heavy (non-hydrogen) atoms. The van der Waals surface area contributed by atoms with Gasteiger partial charge in [-0.05, 0) is 32.0 Å². The Morgan fingerprint density at radius 2 is 1.63 bits per heavy atom. The van der Waals surface area contributed by atoms with E-state index in [2.05, 4.69) is 5.10 Å². The SMILES string of the molecule is COC(=O)[C@H](C)n1c(C)c(C=Nn2c(-c3ccccc3)nc3ccccc3c2=O)c2ccccc21. The van der Waals surface area contributed by atoms with Crippen molar-refractivity contribution < 1.29 is 9.53 Å². The number of aromatic nitrogens is 3. The van der Waals surface area contributed by atoms with Crippen LogP contribution in [0.3, 0.4) is 0 Å². The van der Waals surface area contributed by atoms with Crippen LogP contribution in [-0.4, -0.2) is 33.5 Å². The van der Waals surface area contributed by atoms with Crippen molar-refractivity contribution in [3.63, 3.8) is 0 Å². The number of nitrogens with zero attached hydrogens (tertiary/aromatic N) is 4. The third kappa shape index (κ3) is 3.81. The van der Waals surface area contributed by atoms with Crippen molar-refractivity contribution in [2.24, 2.45) is 5.10 Å². The molecule has 5 aromatic rings. The van der Waals surface area contributed by atoms with E-state index in [4.69, 9.17) is 9.72 Å². The minimum absolute atomic E-state index is 0.255. The van der Waals surface area contributed by atoms with Crippen LogP contribution in [0.2, 0.25) is 0 Å². The van der Waals surface area contributed by atoms with Crippen molar-refractivity contribution in [2.45, 2.75) is 19.9 Å². The summed E-state index contributed by atoms with van der Waals surface area (Å²) in [5, 5.41) is 6.05. The number of rotatable bonds is 5. The van der Waals surface area contributed by atoms with Crippen LogP contribution in [0.4, 0.5) is 0 Å². The molecular weight excluding hydrogens is 440 g/mol. The van der Waals surface area contributed by atoms with Crippen LogP contribution in [-0.2, 0) is 9.53 Å². The molecule has 174 valence electrons. The minimum atomic E-state index is -0.517. The fraction of sp³-hybridized carbons (Fsp3) is 0.143. The van der Waals surface area contributed by atoms with Crippen molar-refractivity contribution in [3.05, 3.63) is 100 Å². The van der Waals surface area contributed by atoms with E-state index in [1.54, 1.807) is 19.2 Å². The smallest absolute Gasteiger partial charge is 0.328 e. The molecule has 3 aromatic carbocycles. The Kier molecular flexibility index (Phi) is 5.74. The topological polar surface area (TPSA) is 78.5 Å². The second-order valence-electron chi connectivity index (χ2n) is 8.27. The number of fused-ring (bicyclic) bond motifs is 2. The Hall–Kier alpha value is -4.52. The molecule has 0 N–H and O–H groups in total. The average Bonchev–Trinajstić information content (AvgIpc) is 3.18. The van der Waals surface area contributed by atoms with E-state index < -0.39 is 6.04 Å². The van der Waals surface area contributed by atoms with Gasteiger partial charge in [-0.15, -0.1) is 0 Å². The monoisotopic (exact) mass is 464 g/mol. The van der Waals surface area contributed by atoms with Crippen LogP contribution < -0.4 is 5.56 Å². The molecule has 7 heteroatoms. The van der Waals surface area contributed by atoms with Gasteiger partial charge in [-0.25, -0.2) is 9.78 Å². The Balaban J connectivity index is 1.73. The van der Waals surface area contributed by atoms with Crippen molar-refractivity contribution in [1.82, 2.24) is 14.2 Å². The summed E-state index contributed by atoms with van der Waals surface area (Å²) in [6.07, 6.45) is 1.67. The molecule has 0 spiro atoms. The molecule has 0 aliphatic rings. The van der Waals surface area contributed by atoms with Gasteiger partial charge in [0.1, 0.15) is 6.04 Å². The summed E-state index contributed by atoms with van der Waals surface area (Å²) < 4.78 is 8.26. The number of esters is 1. The summed E-state index contributed by atoms with van der Waals surface area (Å²) in [5.41, 5.74) is 3.69. The Bertz CT molecular complexity index is 1650. The maximum absolute atomic E-state index is 13.5. The number of ether oxygens (including phenoxy) is 1. The zero-order chi connectivity index (χ0) is 24.5. The third-order valence-electron chi connectivity index (χ3n) is 6.22. The number of hydrogen-bond donors (Lipinski definition) is 0. The van der Waals surface area contributed by atoms with Gasteiger partial charge in [0.25, 0.3) is 5.56 Å². The Labute approximate surface area is 201 Å². The highest BCUT2D eigenvalue weighted by atomic mass is 16.5. The molecule has 0 aliphatic carbocycles. The highest BCUT2D eigenvalue weighted by Crippen LogP contribution is 2.29. The zero-order valence-electron chi connectivity index (χ0n) is 19.7. The predicted octanol–water partition coefficient (Wildman–Crippen LogP) is 4.94. The van der Waals surface area contributed by atoms with Gasteiger partial charge in [-0.3, -0.25) is 4.79 Å². The van der Waals surface area contributed by atoms with E-state index in [1.165, 1.54) is 11.8 Å². The Morgan fingerprint density at radius 1 is 0.971 bits per heavy atom. The molecule has 2 heterocycles. The molecular formula is C28H24N4O3. The van der Waals surface area contributed by atoms with Crippen molar-refractivity contribution >= 4 is 34.0 Å². The summed E-state index contributed by atoms with van der Waals surface area (Å²) in [5.74, 6) is 0.119. The predicted molar refractivity (Wildman–Crippen MR) is 138 cm³/mol. The number of carbonyl (C=O) groups is 1. The van der Waals surface area contributed by atoms with Crippen molar-refractivity contribution in [1.29, 1.82) is 0 Å². The van der Waals surface area contributed by atoms with E-state index in [0.717, 1.165) is 27.7 Å². The second-order valence-corrected chi connectivity index (χ2v) is 8.27. The molecule has 0 radical (unpaired) electrons. The molecule has 0 bridgehead atoms. The van der Waals surface area contributed by atoms with Gasteiger partial charge in [-0.1, -0.05) is 60.7 Å². The summed E-state index contributed by atoms with van der Waals surface area (Å²) in [6.45, 7) is 3.73. The maximum atomic E-state index is 13.5. The zero-order valence-corrected chi connectivity index (χ0v) is 19.7. The molecule has 0 unspecified atom stereocenters. The lowest BCUT2D eigenvalue weighted by atomic mass is 10.1. The summed E-state index contributed by atoms with van der Waals surface area (Å²) in [6, 6.07) is 24.0. The first-order valence-corrected chi connectivity index (χ1v) is 11.3. The molecule has 7 nitrogen and oxygen atoms in total. The molecule has 0 saturated carbocycles. The first kappa shape index (κ1) is 22.3. The number of benzene rings is 3. The van der Waals surface area contributed by atoms with Crippen molar-refractivity contribution in [2.75, 3.05) is 7.11 Å². The average molecular weight is 465 g/mol. The lowest BCUT2D eigenvalue weighted by Gasteiger charge is -2.15. The summed E-state index contributed by atoms with van der Waals surface area (Å²) in [7, 11) is 1.38. The number of methoxy groups -OCH3 is 1. The first-order valence-electron chi connectivity index (χ1n) is 11.3. The lowest BCUT2D eigenvalue weighted by molar-refractivity contribution is -0.143. The molecule has 1 atom stereocenters. The van der Waals surface area contributed by atoms with Gasteiger partial charge in [-0.2, -0.15) is 9.78 Å². The Morgan fingerprint density at radius 3 is 2.37 bits per heavy atom. The highest BCUT2D eigenvalue weighted by molar-refractivity contribution is 6.02. The van der Waals surface area contributed by atoms with Crippen LogP contribution in [0, 0.1) is 6.92 Å².